The number of rotatable bonds is 5. The zero-order valence-corrected chi connectivity index (χ0v) is 17.3. The van der Waals surface area contributed by atoms with Crippen molar-refractivity contribution in [2.24, 2.45) is 0 Å². The Balaban J connectivity index is 1.67. The molecule has 0 atom stereocenters. The Kier molecular flexibility index (Phi) is 6.11. The molecule has 1 saturated carbocycles. The highest BCUT2D eigenvalue weighted by Crippen LogP contribution is 2.34. The average Bonchev–Trinajstić information content (AvgIpc) is 2.75. The number of aromatic nitrogens is 2. The van der Waals surface area contributed by atoms with Crippen LogP contribution in [0.1, 0.15) is 43.2 Å². The Morgan fingerprint density at radius 3 is 2.35 bits per heavy atom. The third kappa shape index (κ3) is 5.34. The van der Waals surface area contributed by atoms with E-state index in [9.17, 15) is 13.2 Å². The molecule has 0 saturated heterocycles. The molecule has 1 aliphatic carbocycles. The smallest absolute Gasteiger partial charge is 0.351 e. The second kappa shape index (κ2) is 8.96. The van der Waals surface area contributed by atoms with Crippen LogP contribution < -0.4 is 10.6 Å². The second-order valence-corrected chi connectivity index (χ2v) is 7.96. The Labute approximate surface area is 179 Å². The van der Waals surface area contributed by atoms with Crippen LogP contribution in [0, 0.1) is 6.92 Å². The molecule has 31 heavy (non-hydrogen) atoms. The zero-order valence-electron chi connectivity index (χ0n) is 17.3. The van der Waals surface area contributed by atoms with E-state index in [0.29, 0.717) is 29.2 Å². The summed E-state index contributed by atoms with van der Waals surface area (Å²) in [4.78, 5) is 9.22. The highest BCUT2D eigenvalue weighted by atomic mass is 19.4. The number of anilines is 3. The predicted octanol–water partition coefficient (Wildman–Crippen LogP) is 6.96. The van der Waals surface area contributed by atoms with Crippen LogP contribution in [-0.2, 0) is 6.18 Å². The van der Waals surface area contributed by atoms with Gasteiger partial charge >= 0.3 is 6.18 Å². The fourth-order valence-electron chi connectivity index (χ4n) is 3.92. The summed E-state index contributed by atoms with van der Waals surface area (Å²) < 4.78 is 39.9. The maximum atomic E-state index is 13.3. The van der Waals surface area contributed by atoms with Crippen molar-refractivity contribution in [3.8, 4) is 11.3 Å². The third-order valence-electron chi connectivity index (χ3n) is 5.55. The summed E-state index contributed by atoms with van der Waals surface area (Å²) in [6, 6.07) is 16.0. The average molecular weight is 426 g/mol. The number of halogens is 3. The molecule has 0 bridgehead atoms. The van der Waals surface area contributed by atoms with E-state index >= 15 is 0 Å². The van der Waals surface area contributed by atoms with Crippen LogP contribution in [0.3, 0.4) is 0 Å². The summed E-state index contributed by atoms with van der Waals surface area (Å²) >= 11 is 0. The summed E-state index contributed by atoms with van der Waals surface area (Å²) in [7, 11) is 0. The van der Waals surface area contributed by atoms with E-state index in [1.807, 2.05) is 30.3 Å². The van der Waals surface area contributed by atoms with Crippen molar-refractivity contribution in [3.05, 3.63) is 65.7 Å². The van der Waals surface area contributed by atoms with E-state index < -0.39 is 11.7 Å². The van der Waals surface area contributed by atoms with Crippen LogP contribution in [0.5, 0.6) is 0 Å². The molecule has 1 aromatic heterocycles. The molecule has 1 heterocycles. The van der Waals surface area contributed by atoms with Crippen molar-refractivity contribution in [1.29, 1.82) is 0 Å². The molecule has 0 amide bonds. The Bertz CT molecular complexity index is 1030. The molecular formula is C24H25F3N4. The maximum Gasteiger partial charge on any atom is 0.416 e. The fraction of sp³-hybridized carbons (Fsp3) is 0.333. The first-order valence-electron chi connectivity index (χ1n) is 10.5. The zero-order chi connectivity index (χ0) is 21.8. The summed E-state index contributed by atoms with van der Waals surface area (Å²) in [6.45, 7) is 1.46. The number of aryl methyl sites for hydroxylation is 1. The molecule has 7 heteroatoms. The van der Waals surface area contributed by atoms with Gasteiger partial charge in [0.15, 0.2) is 0 Å². The van der Waals surface area contributed by atoms with Crippen LogP contribution in [0.2, 0.25) is 0 Å². The molecule has 4 nitrogen and oxygen atoms in total. The number of nitrogens with one attached hydrogen (secondary N) is 2. The van der Waals surface area contributed by atoms with Gasteiger partial charge in [-0.1, -0.05) is 55.7 Å². The first-order valence-corrected chi connectivity index (χ1v) is 10.5. The maximum absolute atomic E-state index is 13.3. The van der Waals surface area contributed by atoms with Gasteiger partial charge in [0.2, 0.25) is 5.95 Å². The van der Waals surface area contributed by atoms with E-state index in [0.717, 1.165) is 24.5 Å². The van der Waals surface area contributed by atoms with Crippen molar-refractivity contribution in [3.63, 3.8) is 0 Å². The molecule has 2 aromatic carbocycles. The summed E-state index contributed by atoms with van der Waals surface area (Å²) in [5, 5.41) is 6.46. The fourth-order valence-corrected chi connectivity index (χ4v) is 3.92. The van der Waals surface area contributed by atoms with Crippen LogP contribution in [0.15, 0.2) is 54.6 Å². The van der Waals surface area contributed by atoms with Crippen molar-refractivity contribution >= 4 is 17.5 Å². The van der Waals surface area contributed by atoms with Crippen molar-refractivity contribution in [2.45, 2.75) is 51.2 Å². The standard InChI is InChI=1S/C24H25F3N4/c1-16-12-13-19(14-20(16)24(25,26)27)28-22-15-21(17-8-4-2-5-9-17)30-23(31-22)29-18-10-6-3-7-11-18/h2,4-5,8-9,12-15,18H,3,6-7,10-11H2,1H3,(H2,28,29,30,31). The van der Waals surface area contributed by atoms with Gasteiger partial charge in [-0.2, -0.15) is 18.2 Å². The number of benzene rings is 2. The molecule has 162 valence electrons. The Morgan fingerprint density at radius 2 is 1.65 bits per heavy atom. The molecule has 0 spiro atoms. The molecule has 0 radical (unpaired) electrons. The topological polar surface area (TPSA) is 49.8 Å². The molecular weight excluding hydrogens is 401 g/mol. The van der Waals surface area contributed by atoms with E-state index in [1.165, 1.54) is 32.3 Å². The van der Waals surface area contributed by atoms with E-state index in [4.69, 9.17) is 0 Å². The highest BCUT2D eigenvalue weighted by molar-refractivity contribution is 5.68. The van der Waals surface area contributed by atoms with Gasteiger partial charge in [0, 0.05) is 23.4 Å². The van der Waals surface area contributed by atoms with Crippen LogP contribution in [-0.4, -0.2) is 16.0 Å². The largest absolute Gasteiger partial charge is 0.416 e. The molecule has 1 aliphatic rings. The molecule has 1 fully saturated rings. The minimum atomic E-state index is -4.41. The molecule has 0 unspecified atom stereocenters. The Morgan fingerprint density at radius 1 is 0.903 bits per heavy atom. The van der Waals surface area contributed by atoms with Crippen LogP contribution in [0.25, 0.3) is 11.3 Å². The van der Waals surface area contributed by atoms with Gasteiger partial charge in [-0.15, -0.1) is 0 Å². The molecule has 2 N–H and O–H groups in total. The van der Waals surface area contributed by atoms with Crippen molar-refractivity contribution in [1.82, 2.24) is 9.97 Å². The van der Waals surface area contributed by atoms with E-state index in [-0.39, 0.29) is 5.56 Å². The third-order valence-corrected chi connectivity index (χ3v) is 5.55. The lowest BCUT2D eigenvalue weighted by atomic mass is 9.96. The highest BCUT2D eigenvalue weighted by Gasteiger charge is 2.32. The normalized spacial score (nSPS) is 15.0. The summed E-state index contributed by atoms with van der Waals surface area (Å²) in [5.41, 5.74) is 1.49. The lowest BCUT2D eigenvalue weighted by Crippen LogP contribution is -2.23. The second-order valence-electron chi connectivity index (χ2n) is 7.96. The Hall–Kier alpha value is -3.09. The van der Waals surface area contributed by atoms with E-state index in [2.05, 4.69) is 20.6 Å². The van der Waals surface area contributed by atoms with Gasteiger partial charge in [-0.25, -0.2) is 4.98 Å². The SMILES string of the molecule is Cc1ccc(Nc2cc(-c3ccccc3)nc(NC3CCCCC3)n2)cc1C(F)(F)F. The first-order chi connectivity index (χ1) is 14.9. The molecule has 4 rings (SSSR count). The lowest BCUT2D eigenvalue weighted by Gasteiger charge is -2.23. The minimum absolute atomic E-state index is 0.186. The van der Waals surface area contributed by atoms with Gasteiger partial charge < -0.3 is 10.6 Å². The molecule has 3 aromatic rings. The monoisotopic (exact) mass is 426 g/mol. The lowest BCUT2D eigenvalue weighted by molar-refractivity contribution is -0.138. The van der Waals surface area contributed by atoms with Crippen LogP contribution >= 0.6 is 0 Å². The number of alkyl halides is 3. The van der Waals surface area contributed by atoms with Gasteiger partial charge in [-0.3, -0.25) is 0 Å². The number of hydrogen-bond acceptors (Lipinski definition) is 4. The van der Waals surface area contributed by atoms with Crippen LogP contribution in [0.4, 0.5) is 30.6 Å². The number of hydrogen-bond donors (Lipinski definition) is 2. The summed E-state index contributed by atoms with van der Waals surface area (Å²) in [5.74, 6) is 0.933. The quantitative estimate of drug-likeness (QED) is 0.463. The van der Waals surface area contributed by atoms with Gasteiger partial charge in [-0.05, 0) is 37.5 Å². The first kappa shape index (κ1) is 21.2. The van der Waals surface area contributed by atoms with Gasteiger partial charge in [0.05, 0.1) is 11.3 Å². The summed E-state index contributed by atoms with van der Waals surface area (Å²) in [6.07, 6.45) is 1.31. The molecule has 0 aliphatic heterocycles. The van der Waals surface area contributed by atoms with Gasteiger partial charge in [0.1, 0.15) is 5.82 Å². The predicted molar refractivity (Wildman–Crippen MR) is 117 cm³/mol. The van der Waals surface area contributed by atoms with Gasteiger partial charge in [0.25, 0.3) is 0 Å². The number of nitrogens with zero attached hydrogens (tertiary/aromatic N) is 2. The minimum Gasteiger partial charge on any atom is -0.351 e. The van der Waals surface area contributed by atoms with Crippen molar-refractivity contribution < 1.29 is 13.2 Å². The van der Waals surface area contributed by atoms with E-state index in [1.54, 1.807) is 12.1 Å². The van der Waals surface area contributed by atoms with Crippen molar-refractivity contribution in [2.75, 3.05) is 10.6 Å².